The van der Waals surface area contributed by atoms with Crippen molar-refractivity contribution in [1.29, 1.82) is 0 Å². The van der Waals surface area contributed by atoms with Gasteiger partial charge in [-0.05, 0) is 30.3 Å². The lowest BCUT2D eigenvalue weighted by molar-refractivity contribution is -0.123. The number of benzene rings is 2. The molecule has 0 bridgehead atoms. The number of aromatic nitrogens is 1. The molecule has 0 saturated carbocycles. The minimum Gasteiger partial charge on any atom is -0.343 e. The summed E-state index contributed by atoms with van der Waals surface area (Å²) >= 11 is 0. The van der Waals surface area contributed by atoms with Gasteiger partial charge in [0.05, 0.1) is 5.52 Å². The van der Waals surface area contributed by atoms with Crippen LogP contribution in [0.3, 0.4) is 0 Å². The summed E-state index contributed by atoms with van der Waals surface area (Å²) in [5.41, 5.74) is 1.81. The second-order valence-electron chi connectivity index (χ2n) is 6.12. The molecule has 0 fully saturated rings. The molecule has 148 valence electrons. The molecule has 0 spiro atoms. The second kappa shape index (κ2) is 8.55. The van der Waals surface area contributed by atoms with E-state index in [4.69, 9.17) is 0 Å². The van der Waals surface area contributed by atoms with Crippen molar-refractivity contribution in [2.24, 2.45) is 0 Å². The van der Waals surface area contributed by atoms with Crippen LogP contribution in [0.5, 0.6) is 0 Å². The molecule has 2 aromatic carbocycles. The van der Waals surface area contributed by atoms with Crippen LogP contribution < -0.4 is 10.6 Å². The Morgan fingerprint density at radius 1 is 1.03 bits per heavy atom. The molecule has 8 heteroatoms. The molecule has 0 aliphatic rings. The average Bonchev–Trinajstić information content (AvgIpc) is 2.70. The van der Waals surface area contributed by atoms with E-state index in [-0.39, 0.29) is 11.3 Å². The van der Waals surface area contributed by atoms with Crippen LogP contribution in [0.1, 0.15) is 15.9 Å². The predicted molar refractivity (Wildman–Crippen MR) is 104 cm³/mol. The molecule has 0 atom stereocenters. The number of carbonyl (C=O) groups is 2. The minimum absolute atomic E-state index is 0.00860. The molecule has 5 nitrogen and oxygen atoms in total. The Morgan fingerprint density at radius 3 is 2.59 bits per heavy atom. The molecule has 1 aromatic heterocycles. The Kier molecular flexibility index (Phi) is 5.92. The lowest BCUT2D eigenvalue weighted by Gasteiger charge is -2.09. The molecule has 29 heavy (non-hydrogen) atoms. The number of alkyl halides is 3. The summed E-state index contributed by atoms with van der Waals surface area (Å²) in [4.78, 5) is 28.3. The molecular formula is C21H16F3N3O2. The fraction of sp³-hybridized carbons (Fsp3) is 0.0952. The van der Waals surface area contributed by atoms with Crippen molar-refractivity contribution in [3.05, 3.63) is 78.0 Å². The van der Waals surface area contributed by atoms with Gasteiger partial charge in [0.1, 0.15) is 6.54 Å². The number of carbonyl (C=O) groups excluding carboxylic acids is 2. The fourth-order valence-corrected chi connectivity index (χ4v) is 2.63. The number of fused-ring (bicyclic) bond motifs is 1. The van der Waals surface area contributed by atoms with Crippen molar-refractivity contribution in [2.45, 2.75) is 6.18 Å². The van der Waals surface area contributed by atoms with Crippen molar-refractivity contribution in [1.82, 2.24) is 10.3 Å². The molecule has 3 aromatic rings. The highest BCUT2D eigenvalue weighted by Crippen LogP contribution is 2.18. The van der Waals surface area contributed by atoms with Gasteiger partial charge in [0.25, 0.3) is 5.91 Å². The molecule has 0 radical (unpaired) electrons. The SMILES string of the molecule is O=C(/C=C/c1cccc2cccnc12)Nc1cccc(C(=O)NCC(F)(F)F)c1. The van der Waals surface area contributed by atoms with Gasteiger partial charge in [0.2, 0.25) is 5.91 Å². The molecule has 0 aliphatic heterocycles. The number of rotatable bonds is 5. The largest absolute Gasteiger partial charge is 0.405 e. The monoisotopic (exact) mass is 399 g/mol. The van der Waals surface area contributed by atoms with Gasteiger partial charge in [0, 0.05) is 34.5 Å². The highest BCUT2D eigenvalue weighted by molar-refractivity contribution is 6.04. The van der Waals surface area contributed by atoms with E-state index in [0.29, 0.717) is 0 Å². The molecule has 0 aliphatic carbocycles. The van der Waals surface area contributed by atoms with E-state index in [2.05, 4.69) is 10.3 Å². The van der Waals surface area contributed by atoms with Crippen LogP contribution in [-0.2, 0) is 4.79 Å². The first-order chi connectivity index (χ1) is 13.8. The van der Waals surface area contributed by atoms with Gasteiger partial charge in [-0.15, -0.1) is 0 Å². The van der Waals surface area contributed by atoms with Crippen LogP contribution >= 0.6 is 0 Å². The van der Waals surface area contributed by atoms with Gasteiger partial charge in [0.15, 0.2) is 0 Å². The maximum Gasteiger partial charge on any atom is 0.405 e. The van der Waals surface area contributed by atoms with Crippen molar-refractivity contribution >= 4 is 34.5 Å². The van der Waals surface area contributed by atoms with E-state index in [1.165, 1.54) is 30.3 Å². The second-order valence-corrected chi connectivity index (χ2v) is 6.12. The highest BCUT2D eigenvalue weighted by atomic mass is 19.4. The molecular weight excluding hydrogens is 383 g/mol. The molecule has 1 heterocycles. The van der Waals surface area contributed by atoms with Gasteiger partial charge in [-0.2, -0.15) is 13.2 Å². The Bertz CT molecular complexity index is 1070. The number of para-hydroxylation sites is 1. The first kappa shape index (κ1) is 20.1. The zero-order valence-corrected chi connectivity index (χ0v) is 15.0. The van der Waals surface area contributed by atoms with Crippen LogP contribution in [0.15, 0.2) is 66.9 Å². The summed E-state index contributed by atoms with van der Waals surface area (Å²) in [5, 5.41) is 5.30. The molecule has 0 saturated heterocycles. The Balaban J connectivity index is 1.68. The van der Waals surface area contributed by atoms with Crippen LogP contribution in [0.25, 0.3) is 17.0 Å². The number of pyridine rings is 1. The summed E-state index contributed by atoms with van der Waals surface area (Å²) in [6.45, 7) is -1.43. The van der Waals surface area contributed by atoms with E-state index < -0.39 is 24.5 Å². The summed E-state index contributed by atoms with van der Waals surface area (Å²) in [5.74, 6) is -1.33. The maximum atomic E-state index is 12.2. The normalized spacial score (nSPS) is 11.6. The number of nitrogens with one attached hydrogen (secondary N) is 2. The van der Waals surface area contributed by atoms with Crippen LogP contribution in [0.2, 0.25) is 0 Å². The predicted octanol–water partition coefficient (Wildman–Crippen LogP) is 4.18. The lowest BCUT2D eigenvalue weighted by atomic mass is 10.1. The van der Waals surface area contributed by atoms with Crippen molar-refractivity contribution < 1.29 is 22.8 Å². The highest BCUT2D eigenvalue weighted by Gasteiger charge is 2.27. The fourth-order valence-electron chi connectivity index (χ4n) is 2.63. The summed E-state index contributed by atoms with van der Waals surface area (Å²) < 4.78 is 36.7. The number of hydrogen-bond donors (Lipinski definition) is 2. The summed E-state index contributed by atoms with van der Waals surface area (Å²) in [7, 11) is 0. The van der Waals surface area contributed by atoms with E-state index >= 15 is 0 Å². The number of nitrogens with zero attached hydrogens (tertiary/aromatic N) is 1. The standard InChI is InChI=1S/C21H16F3N3O2/c22-21(23,24)13-26-20(29)16-6-2-8-17(12-16)27-18(28)10-9-15-5-1-4-14-7-3-11-25-19(14)15/h1-12H,13H2,(H,26,29)(H,27,28)/b10-9+. The van der Waals surface area contributed by atoms with Gasteiger partial charge >= 0.3 is 6.18 Å². The Hall–Kier alpha value is -3.68. The van der Waals surface area contributed by atoms with Crippen LogP contribution in [0.4, 0.5) is 18.9 Å². The smallest absolute Gasteiger partial charge is 0.343 e. The van der Waals surface area contributed by atoms with Crippen LogP contribution in [-0.4, -0.2) is 29.5 Å². The molecule has 0 unspecified atom stereocenters. The number of anilines is 1. The summed E-state index contributed by atoms with van der Waals surface area (Å²) in [6, 6.07) is 15.0. The van der Waals surface area contributed by atoms with Gasteiger partial charge in [-0.25, -0.2) is 0 Å². The van der Waals surface area contributed by atoms with E-state index in [1.807, 2.05) is 30.3 Å². The van der Waals surface area contributed by atoms with Gasteiger partial charge in [-0.3, -0.25) is 14.6 Å². The Labute approximate surface area is 164 Å². The van der Waals surface area contributed by atoms with E-state index in [0.717, 1.165) is 16.5 Å². The average molecular weight is 399 g/mol. The van der Waals surface area contributed by atoms with Crippen LogP contribution in [0, 0.1) is 0 Å². The number of amides is 2. The third-order valence-electron chi connectivity index (χ3n) is 3.92. The zero-order chi connectivity index (χ0) is 20.9. The number of halogens is 3. The molecule has 3 rings (SSSR count). The topological polar surface area (TPSA) is 71.1 Å². The zero-order valence-electron chi connectivity index (χ0n) is 15.0. The van der Waals surface area contributed by atoms with Crippen molar-refractivity contribution in [3.8, 4) is 0 Å². The minimum atomic E-state index is -4.50. The molecule has 2 amide bonds. The van der Waals surface area contributed by atoms with Gasteiger partial charge in [-0.1, -0.05) is 30.3 Å². The lowest BCUT2D eigenvalue weighted by Crippen LogP contribution is -2.33. The number of hydrogen-bond acceptors (Lipinski definition) is 3. The van der Waals surface area contributed by atoms with E-state index in [9.17, 15) is 22.8 Å². The third-order valence-corrected chi connectivity index (χ3v) is 3.92. The Morgan fingerprint density at radius 2 is 1.79 bits per heavy atom. The van der Waals surface area contributed by atoms with Gasteiger partial charge < -0.3 is 10.6 Å². The quantitative estimate of drug-likeness (QED) is 0.633. The summed E-state index contributed by atoms with van der Waals surface area (Å²) in [6.07, 6.45) is 0.0994. The first-order valence-electron chi connectivity index (χ1n) is 8.60. The molecule has 2 N–H and O–H groups in total. The third kappa shape index (κ3) is 5.65. The van der Waals surface area contributed by atoms with E-state index in [1.54, 1.807) is 17.6 Å². The van der Waals surface area contributed by atoms with Crippen molar-refractivity contribution in [2.75, 3.05) is 11.9 Å². The first-order valence-corrected chi connectivity index (χ1v) is 8.60. The van der Waals surface area contributed by atoms with Crippen molar-refractivity contribution in [3.63, 3.8) is 0 Å². The maximum absolute atomic E-state index is 12.2.